The minimum atomic E-state index is -4.69. The van der Waals surface area contributed by atoms with Crippen molar-refractivity contribution in [1.29, 1.82) is 0 Å². The van der Waals surface area contributed by atoms with Crippen molar-refractivity contribution >= 4 is 39.3 Å². The number of rotatable bonds is 3. The van der Waals surface area contributed by atoms with Gasteiger partial charge in [-0.15, -0.1) is 0 Å². The molecule has 1 aromatic rings. The van der Waals surface area contributed by atoms with Crippen molar-refractivity contribution in [2.45, 2.75) is 25.6 Å². The number of hydrogen-bond donors (Lipinski definition) is 2. The second-order valence-corrected chi connectivity index (χ2v) is 7.07. The molecule has 2 rings (SSSR count). The fourth-order valence-corrected chi connectivity index (χ4v) is 2.95. The first kappa shape index (κ1) is 22.1. The lowest BCUT2D eigenvalue weighted by Crippen LogP contribution is -2.49. The van der Waals surface area contributed by atoms with Gasteiger partial charge in [-0.1, -0.05) is 0 Å². The van der Waals surface area contributed by atoms with E-state index in [1.54, 1.807) is 5.32 Å². The Morgan fingerprint density at radius 1 is 1.25 bits per heavy atom. The lowest BCUT2D eigenvalue weighted by atomic mass is 10.1. The van der Waals surface area contributed by atoms with Gasteiger partial charge < -0.3 is 15.5 Å². The van der Waals surface area contributed by atoms with Gasteiger partial charge in [-0.2, -0.15) is 13.2 Å². The minimum absolute atomic E-state index is 0.00773. The van der Waals surface area contributed by atoms with E-state index in [0.717, 1.165) is 17.0 Å². The van der Waals surface area contributed by atoms with Crippen LogP contribution in [0.3, 0.4) is 0 Å². The van der Waals surface area contributed by atoms with Gasteiger partial charge in [0.25, 0.3) is 0 Å². The van der Waals surface area contributed by atoms with E-state index in [9.17, 15) is 36.3 Å². The third-order valence-corrected chi connectivity index (χ3v) is 4.71. The van der Waals surface area contributed by atoms with Gasteiger partial charge in [-0.05, 0) is 35.3 Å². The SMILES string of the molecule is CC(NC(=O)C(=O)N1CCC(C(=O)Nc2cc(F)c(F)c(Br)c2)C1)C(F)(F)F. The highest BCUT2D eigenvalue weighted by Crippen LogP contribution is 2.25. The van der Waals surface area contributed by atoms with E-state index in [2.05, 4.69) is 21.2 Å². The molecule has 28 heavy (non-hydrogen) atoms. The standard InChI is InChI=1S/C16H15BrF5N3O3/c1-7(16(20,21)22)23-14(27)15(28)25-3-2-8(6-25)13(26)24-9-4-10(17)12(19)11(18)5-9/h4-5,7-8H,2-3,6H2,1H3,(H,23,27)(H,24,26). The second kappa shape index (κ2) is 8.41. The van der Waals surface area contributed by atoms with Gasteiger partial charge in [0.1, 0.15) is 6.04 Å². The van der Waals surface area contributed by atoms with Crippen LogP contribution in [-0.4, -0.2) is 47.9 Å². The Morgan fingerprint density at radius 3 is 2.46 bits per heavy atom. The number of amides is 3. The van der Waals surface area contributed by atoms with E-state index in [4.69, 9.17) is 0 Å². The molecule has 3 amide bonds. The van der Waals surface area contributed by atoms with Gasteiger partial charge in [0.15, 0.2) is 11.6 Å². The number of alkyl halides is 3. The van der Waals surface area contributed by atoms with Crippen LogP contribution in [0.4, 0.5) is 27.6 Å². The smallest absolute Gasteiger partial charge is 0.336 e. The maximum atomic E-state index is 13.4. The molecule has 12 heteroatoms. The molecular formula is C16H15BrF5N3O3. The van der Waals surface area contributed by atoms with Crippen molar-refractivity contribution < 1.29 is 36.3 Å². The predicted molar refractivity (Wildman–Crippen MR) is 91.0 cm³/mol. The van der Waals surface area contributed by atoms with E-state index >= 15 is 0 Å². The molecule has 6 nitrogen and oxygen atoms in total. The summed E-state index contributed by atoms with van der Waals surface area (Å²) in [6.45, 7) is 0.501. The van der Waals surface area contributed by atoms with Crippen molar-refractivity contribution in [3.63, 3.8) is 0 Å². The molecule has 1 aromatic carbocycles. The van der Waals surface area contributed by atoms with Crippen LogP contribution in [0, 0.1) is 17.6 Å². The molecule has 1 aliphatic heterocycles. The summed E-state index contributed by atoms with van der Waals surface area (Å²) in [7, 11) is 0. The van der Waals surface area contributed by atoms with Crippen LogP contribution in [0.1, 0.15) is 13.3 Å². The van der Waals surface area contributed by atoms with Crippen molar-refractivity contribution in [2.24, 2.45) is 5.92 Å². The number of likely N-dealkylation sites (tertiary alicyclic amines) is 1. The molecule has 2 atom stereocenters. The van der Waals surface area contributed by atoms with Crippen LogP contribution in [-0.2, 0) is 14.4 Å². The fourth-order valence-electron chi connectivity index (χ4n) is 2.51. The van der Waals surface area contributed by atoms with Crippen molar-refractivity contribution in [2.75, 3.05) is 18.4 Å². The summed E-state index contributed by atoms with van der Waals surface area (Å²) >= 11 is 2.80. The second-order valence-electron chi connectivity index (χ2n) is 6.22. The van der Waals surface area contributed by atoms with Crippen LogP contribution >= 0.6 is 15.9 Å². The summed E-state index contributed by atoms with van der Waals surface area (Å²) in [5.41, 5.74) is -0.0164. The third kappa shape index (κ3) is 5.18. The zero-order chi connectivity index (χ0) is 21.2. The van der Waals surface area contributed by atoms with Crippen molar-refractivity contribution in [3.05, 3.63) is 28.2 Å². The Morgan fingerprint density at radius 2 is 1.89 bits per heavy atom. The highest BCUT2D eigenvalue weighted by Gasteiger charge is 2.40. The monoisotopic (exact) mass is 471 g/mol. The molecule has 1 fully saturated rings. The maximum absolute atomic E-state index is 13.4. The van der Waals surface area contributed by atoms with Gasteiger partial charge in [-0.3, -0.25) is 14.4 Å². The molecular weight excluding hydrogens is 457 g/mol. The molecule has 2 N–H and O–H groups in total. The van der Waals surface area contributed by atoms with Gasteiger partial charge >= 0.3 is 18.0 Å². The van der Waals surface area contributed by atoms with Crippen LogP contribution < -0.4 is 10.6 Å². The lowest BCUT2D eigenvalue weighted by molar-refractivity contribution is -0.162. The molecule has 0 bridgehead atoms. The Balaban J connectivity index is 1.94. The fraction of sp³-hybridized carbons (Fsp3) is 0.438. The Labute approximate surface area is 164 Å². The summed E-state index contributed by atoms with van der Waals surface area (Å²) in [5, 5.41) is 3.93. The van der Waals surface area contributed by atoms with Gasteiger partial charge in [0.2, 0.25) is 5.91 Å². The average molecular weight is 472 g/mol. The van der Waals surface area contributed by atoms with E-state index in [0.29, 0.717) is 6.92 Å². The lowest BCUT2D eigenvalue weighted by Gasteiger charge is -2.20. The molecule has 0 spiro atoms. The Hall–Kier alpha value is -2.24. The topological polar surface area (TPSA) is 78.5 Å². The summed E-state index contributed by atoms with van der Waals surface area (Å²) in [6, 6.07) is -0.264. The number of anilines is 1. The maximum Gasteiger partial charge on any atom is 0.408 e. The molecule has 154 valence electrons. The summed E-state index contributed by atoms with van der Waals surface area (Å²) in [5.74, 6) is -6.25. The molecule has 1 heterocycles. The van der Waals surface area contributed by atoms with Crippen LogP contribution in [0.5, 0.6) is 0 Å². The zero-order valence-corrected chi connectivity index (χ0v) is 16.0. The number of nitrogens with one attached hydrogen (secondary N) is 2. The first-order valence-electron chi connectivity index (χ1n) is 8.02. The number of carbonyl (C=O) groups is 3. The normalized spacial score (nSPS) is 18.0. The number of halogens is 6. The van der Waals surface area contributed by atoms with Crippen LogP contribution in [0.15, 0.2) is 16.6 Å². The number of carbonyl (C=O) groups excluding carboxylic acids is 3. The number of nitrogens with zero attached hydrogens (tertiary/aromatic N) is 1. The van der Waals surface area contributed by atoms with Gasteiger partial charge in [0, 0.05) is 24.8 Å². The van der Waals surface area contributed by atoms with Crippen molar-refractivity contribution in [3.8, 4) is 0 Å². The molecule has 1 saturated heterocycles. The molecule has 2 unspecified atom stereocenters. The van der Waals surface area contributed by atoms with Gasteiger partial charge in [0.05, 0.1) is 10.4 Å². The summed E-state index contributed by atoms with van der Waals surface area (Å²) < 4.78 is 63.8. The summed E-state index contributed by atoms with van der Waals surface area (Å²) in [4.78, 5) is 36.9. The molecule has 0 aliphatic carbocycles. The molecule has 0 aromatic heterocycles. The number of benzene rings is 1. The van der Waals surface area contributed by atoms with Crippen molar-refractivity contribution in [1.82, 2.24) is 10.2 Å². The highest BCUT2D eigenvalue weighted by molar-refractivity contribution is 9.10. The molecule has 0 radical (unpaired) electrons. The predicted octanol–water partition coefficient (Wildman–Crippen LogP) is 2.58. The Kier molecular flexibility index (Phi) is 6.63. The first-order valence-corrected chi connectivity index (χ1v) is 8.81. The highest BCUT2D eigenvalue weighted by atomic mass is 79.9. The average Bonchev–Trinajstić information content (AvgIpc) is 3.08. The van der Waals surface area contributed by atoms with E-state index in [-0.39, 0.29) is 29.7 Å². The largest absolute Gasteiger partial charge is 0.408 e. The first-order chi connectivity index (χ1) is 12.9. The van der Waals surface area contributed by atoms with E-state index in [1.807, 2.05) is 0 Å². The van der Waals surface area contributed by atoms with Crippen LogP contribution in [0.25, 0.3) is 0 Å². The Bertz CT molecular complexity index is 779. The van der Waals surface area contributed by atoms with Gasteiger partial charge in [-0.25, -0.2) is 8.78 Å². The van der Waals surface area contributed by atoms with Crippen LogP contribution in [0.2, 0.25) is 0 Å². The quantitative estimate of drug-likeness (QED) is 0.404. The summed E-state index contributed by atoms with van der Waals surface area (Å²) in [6.07, 6.45) is -4.54. The zero-order valence-electron chi connectivity index (χ0n) is 14.4. The number of hydrogen-bond acceptors (Lipinski definition) is 3. The third-order valence-electron chi connectivity index (χ3n) is 4.13. The minimum Gasteiger partial charge on any atom is -0.336 e. The molecule has 0 saturated carbocycles. The van der Waals surface area contributed by atoms with E-state index in [1.165, 1.54) is 0 Å². The molecule has 1 aliphatic rings. The van der Waals surface area contributed by atoms with E-state index < -0.39 is 47.5 Å².